The van der Waals surface area contributed by atoms with Crippen LogP contribution in [0.5, 0.6) is 0 Å². The average Bonchev–Trinajstić information content (AvgIpc) is 3.10. The first-order chi connectivity index (χ1) is 14.0. The topological polar surface area (TPSA) is 98.6 Å². The average molecular weight is 402 g/mol. The minimum Gasteiger partial charge on any atom is -0.325 e. The van der Waals surface area contributed by atoms with Gasteiger partial charge in [-0.3, -0.25) is 9.59 Å². The Kier molecular flexibility index (Phi) is 4.87. The molecule has 2 N–H and O–H groups in total. The Morgan fingerprint density at radius 1 is 1.24 bits per heavy atom. The van der Waals surface area contributed by atoms with E-state index in [-0.39, 0.29) is 17.9 Å². The minimum atomic E-state index is -0.391. The fourth-order valence-electron chi connectivity index (χ4n) is 3.56. The van der Waals surface area contributed by atoms with Crippen LogP contribution in [0.1, 0.15) is 28.8 Å². The summed E-state index contributed by atoms with van der Waals surface area (Å²) in [6.07, 6.45) is 0.665. The van der Waals surface area contributed by atoms with E-state index >= 15 is 0 Å². The molecule has 2 heterocycles. The van der Waals surface area contributed by atoms with Crippen molar-refractivity contribution < 1.29 is 4.79 Å². The van der Waals surface area contributed by atoms with Crippen molar-refractivity contribution >= 4 is 43.4 Å². The summed E-state index contributed by atoms with van der Waals surface area (Å²) in [5, 5.41) is 14.8. The maximum absolute atomic E-state index is 12.5. The molecule has 7 heteroatoms. The summed E-state index contributed by atoms with van der Waals surface area (Å²) in [7, 11) is 0. The van der Waals surface area contributed by atoms with Crippen LogP contribution < -0.4 is 10.9 Å². The number of benzene rings is 2. The number of pyridine rings is 1. The van der Waals surface area contributed by atoms with Gasteiger partial charge in [0, 0.05) is 17.5 Å². The quantitative estimate of drug-likeness (QED) is 0.534. The fraction of sp³-hybridized carbons (Fsp3) is 0.182. The monoisotopic (exact) mass is 402 g/mol. The van der Waals surface area contributed by atoms with Gasteiger partial charge in [-0.1, -0.05) is 41.7 Å². The Labute approximate surface area is 170 Å². The predicted octanol–water partition coefficient (Wildman–Crippen LogP) is 4.20. The highest BCUT2D eigenvalue weighted by atomic mass is 32.1. The van der Waals surface area contributed by atoms with Gasteiger partial charge in [0.15, 0.2) is 5.13 Å². The van der Waals surface area contributed by atoms with Crippen molar-refractivity contribution in [3.05, 3.63) is 69.1 Å². The van der Waals surface area contributed by atoms with Gasteiger partial charge in [-0.15, -0.1) is 0 Å². The molecule has 0 fully saturated rings. The number of aromatic nitrogens is 2. The molecule has 0 atom stereocenters. The molecular weight excluding hydrogens is 384 g/mol. The fourth-order valence-corrected chi connectivity index (χ4v) is 4.45. The van der Waals surface area contributed by atoms with Crippen LogP contribution in [-0.4, -0.2) is 15.9 Å². The third-order valence-corrected chi connectivity index (χ3v) is 5.99. The summed E-state index contributed by atoms with van der Waals surface area (Å²) in [4.78, 5) is 31.6. The Balaban J connectivity index is 1.53. The summed E-state index contributed by atoms with van der Waals surface area (Å²) < 4.78 is 1.02. The summed E-state index contributed by atoms with van der Waals surface area (Å²) in [5.74, 6) is -0.156. The van der Waals surface area contributed by atoms with Crippen molar-refractivity contribution in [3.8, 4) is 6.07 Å². The Bertz CT molecular complexity index is 1360. The number of carbonyl (C=O) groups excluding carboxylic acids is 1. The van der Waals surface area contributed by atoms with Crippen LogP contribution in [0.4, 0.5) is 5.13 Å². The van der Waals surface area contributed by atoms with Gasteiger partial charge in [0.05, 0.1) is 10.2 Å². The largest absolute Gasteiger partial charge is 0.325 e. The second kappa shape index (κ2) is 7.49. The van der Waals surface area contributed by atoms with Gasteiger partial charge in [-0.05, 0) is 42.8 Å². The molecule has 0 saturated heterocycles. The molecular formula is C22H18N4O2S. The number of aromatic amines is 1. The van der Waals surface area contributed by atoms with Crippen molar-refractivity contribution in [3.63, 3.8) is 0 Å². The van der Waals surface area contributed by atoms with Crippen molar-refractivity contribution in [2.45, 2.75) is 26.7 Å². The number of anilines is 1. The number of nitrogens with one attached hydrogen (secondary N) is 2. The molecule has 4 rings (SSSR count). The lowest BCUT2D eigenvalue weighted by molar-refractivity contribution is -0.116. The number of aryl methyl sites for hydroxylation is 1. The van der Waals surface area contributed by atoms with Crippen molar-refractivity contribution in [1.82, 2.24) is 9.97 Å². The molecule has 0 saturated carbocycles. The standard InChI is InChI=1S/C22H18N4O2S/c1-12-15(13(2)24-21(28)17(12)11-23)8-10-19(27)25-22-26-20-16-6-4-3-5-14(16)7-9-18(20)29-22/h3-7,9H,8,10H2,1-2H3,(H,24,28)(H,25,26,27). The van der Waals surface area contributed by atoms with Crippen molar-refractivity contribution in [1.29, 1.82) is 5.26 Å². The van der Waals surface area contributed by atoms with Crippen molar-refractivity contribution in [2.75, 3.05) is 5.32 Å². The number of carbonyl (C=O) groups is 1. The first-order valence-electron chi connectivity index (χ1n) is 9.18. The van der Waals surface area contributed by atoms with Crippen LogP contribution in [0.15, 0.2) is 41.2 Å². The molecule has 0 aliphatic carbocycles. The van der Waals surface area contributed by atoms with Gasteiger partial charge in [0.1, 0.15) is 11.6 Å². The van der Waals surface area contributed by atoms with Gasteiger partial charge in [0.2, 0.25) is 5.91 Å². The van der Waals surface area contributed by atoms with Crippen LogP contribution in [0.25, 0.3) is 21.0 Å². The Morgan fingerprint density at radius 2 is 2.03 bits per heavy atom. The van der Waals surface area contributed by atoms with Gasteiger partial charge < -0.3 is 10.3 Å². The van der Waals surface area contributed by atoms with Crippen molar-refractivity contribution in [2.24, 2.45) is 0 Å². The van der Waals surface area contributed by atoms with E-state index in [0.29, 0.717) is 22.8 Å². The molecule has 2 aromatic heterocycles. The SMILES string of the molecule is Cc1[nH]c(=O)c(C#N)c(C)c1CCC(=O)Nc1nc2c(ccc3ccccc32)s1. The number of hydrogen-bond donors (Lipinski definition) is 2. The molecule has 0 bridgehead atoms. The lowest BCUT2D eigenvalue weighted by Crippen LogP contribution is -2.18. The lowest BCUT2D eigenvalue weighted by Gasteiger charge is -2.10. The molecule has 0 aliphatic rings. The van der Waals surface area contributed by atoms with E-state index in [0.717, 1.165) is 26.6 Å². The van der Waals surface area contributed by atoms with Gasteiger partial charge >= 0.3 is 0 Å². The molecule has 6 nitrogen and oxygen atoms in total. The molecule has 4 aromatic rings. The summed E-state index contributed by atoms with van der Waals surface area (Å²) in [6.45, 7) is 3.52. The van der Waals surface area contributed by atoms with Gasteiger partial charge in [-0.2, -0.15) is 5.26 Å². The van der Waals surface area contributed by atoms with Gasteiger partial charge in [0.25, 0.3) is 5.56 Å². The summed E-state index contributed by atoms with van der Waals surface area (Å²) >= 11 is 1.44. The van der Waals surface area contributed by atoms with E-state index in [1.165, 1.54) is 11.3 Å². The third-order valence-electron chi connectivity index (χ3n) is 5.05. The molecule has 29 heavy (non-hydrogen) atoms. The first-order valence-corrected chi connectivity index (χ1v) is 10.00. The van der Waals surface area contributed by atoms with Gasteiger partial charge in [-0.25, -0.2) is 4.98 Å². The number of H-pyrrole nitrogens is 1. The number of fused-ring (bicyclic) bond motifs is 3. The second-order valence-electron chi connectivity index (χ2n) is 6.87. The summed E-state index contributed by atoms with van der Waals surface area (Å²) in [6, 6.07) is 14.0. The molecule has 144 valence electrons. The maximum Gasteiger partial charge on any atom is 0.266 e. The van der Waals surface area contributed by atoms with E-state index < -0.39 is 5.56 Å². The lowest BCUT2D eigenvalue weighted by atomic mass is 9.99. The first kappa shape index (κ1) is 18.8. The number of nitrogens with zero attached hydrogens (tertiary/aromatic N) is 2. The maximum atomic E-state index is 12.5. The highest BCUT2D eigenvalue weighted by Crippen LogP contribution is 2.31. The summed E-state index contributed by atoms with van der Waals surface area (Å²) in [5.41, 5.74) is 2.74. The third kappa shape index (κ3) is 3.50. The smallest absolute Gasteiger partial charge is 0.266 e. The second-order valence-corrected chi connectivity index (χ2v) is 7.90. The van der Waals surface area contributed by atoms with Crippen LogP contribution in [0, 0.1) is 25.2 Å². The van der Waals surface area contributed by atoms with E-state index in [4.69, 9.17) is 0 Å². The highest BCUT2D eigenvalue weighted by molar-refractivity contribution is 7.22. The molecule has 0 unspecified atom stereocenters. The Hall–Kier alpha value is -3.50. The normalized spacial score (nSPS) is 10.9. The van der Waals surface area contributed by atoms with E-state index in [9.17, 15) is 14.9 Å². The molecule has 0 aliphatic heterocycles. The molecule has 0 radical (unpaired) electrons. The van der Waals surface area contributed by atoms with E-state index in [1.54, 1.807) is 13.8 Å². The zero-order valence-electron chi connectivity index (χ0n) is 16.0. The number of nitriles is 1. The number of amides is 1. The molecule has 1 amide bonds. The van der Waals surface area contributed by atoms with Crippen LogP contribution in [-0.2, 0) is 11.2 Å². The number of rotatable bonds is 4. The predicted molar refractivity (Wildman–Crippen MR) is 115 cm³/mol. The highest BCUT2D eigenvalue weighted by Gasteiger charge is 2.15. The van der Waals surface area contributed by atoms with E-state index in [1.807, 2.05) is 36.4 Å². The van der Waals surface area contributed by atoms with Crippen LogP contribution >= 0.6 is 11.3 Å². The van der Waals surface area contributed by atoms with Crippen LogP contribution in [0.3, 0.4) is 0 Å². The molecule has 2 aromatic carbocycles. The minimum absolute atomic E-state index is 0.101. The zero-order valence-corrected chi connectivity index (χ0v) is 16.8. The van der Waals surface area contributed by atoms with E-state index in [2.05, 4.69) is 21.4 Å². The zero-order chi connectivity index (χ0) is 20.5. The number of hydrogen-bond acceptors (Lipinski definition) is 5. The molecule has 0 spiro atoms. The Morgan fingerprint density at radius 3 is 2.83 bits per heavy atom. The number of thiazole rings is 1. The van der Waals surface area contributed by atoms with Crippen LogP contribution in [0.2, 0.25) is 0 Å².